The van der Waals surface area contributed by atoms with Crippen LogP contribution in [0.2, 0.25) is 0 Å². The fourth-order valence-electron chi connectivity index (χ4n) is 1.21. The van der Waals surface area contributed by atoms with Gasteiger partial charge >= 0.3 is 0 Å². The smallest absolute Gasteiger partial charge is 0.251 e. The molecule has 1 amide bonds. The van der Waals surface area contributed by atoms with E-state index in [1.54, 1.807) is 18.3 Å². The third-order valence-corrected chi connectivity index (χ3v) is 2.95. The van der Waals surface area contributed by atoms with E-state index in [4.69, 9.17) is 0 Å². The molecule has 1 aromatic heterocycles. The number of halogens is 1. The Labute approximate surface area is 98.4 Å². The molecule has 0 radical (unpaired) electrons. The zero-order valence-corrected chi connectivity index (χ0v) is 10.5. The third-order valence-electron chi connectivity index (χ3n) is 2.17. The number of alkyl halides is 1. The second-order valence-electron chi connectivity index (χ2n) is 3.42. The Bertz CT molecular complexity index is 337. The largest absolute Gasteiger partial charge is 0.348 e. The van der Waals surface area contributed by atoms with Gasteiger partial charge in [0, 0.05) is 28.8 Å². The SMILES string of the molecule is CCC(CBr)NC(=O)c1ccnc(C)c1. The lowest BCUT2D eigenvalue weighted by molar-refractivity contribution is 0.0940. The van der Waals surface area contributed by atoms with Crippen LogP contribution in [0.15, 0.2) is 18.3 Å². The summed E-state index contributed by atoms with van der Waals surface area (Å²) in [5, 5.41) is 3.72. The van der Waals surface area contributed by atoms with Crippen LogP contribution >= 0.6 is 15.9 Å². The number of rotatable bonds is 4. The summed E-state index contributed by atoms with van der Waals surface area (Å²) >= 11 is 3.36. The van der Waals surface area contributed by atoms with Crippen molar-refractivity contribution in [2.75, 3.05) is 5.33 Å². The molecule has 1 unspecified atom stereocenters. The van der Waals surface area contributed by atoms with E-state index in [0.29, 0.717) is 5.56 Å². The van der Waals surface area contributed by atoms with Crippen LogP contribution in [0.4, 0.5) is 0 Å². The summed E-state index contributed by atoms with van der Waals surface area (Å²) < 4.78 is 0. The van der Waals surface area contributed by atoms with Crippen LogP contribution in [-0.2, 0) is 0 Å². The summed E-state index contributed by atoms with van der Waals surface area (Å²) in [5.41, 5.74) is 1.52. The van der Waals surface area contributed by atoms with Crippen molar-refractivity contribution in [3.63, 3.8) is 0 Å². The minimum absolute atomic E-state index is 0.0354. The van der Waals surface area contributed by atoms with Crippen molar-refractivity contribution in [1.29, 1.82) is 0 Å². The molecule has 1 aromatic rings. The van der Waals surface area contributed by atoms with Crippen molar-refractivity contribution in [2.45, 2.75) is 26.3 Å². The first-order chi connectivity index (χ1) is 7.17. The molecule has 4 heteroatoms. The zero-order valence-electron chi connectivity index (χ0n) is 8.96. The van der Waals surface area contributed by atoms with E-state index in [1.165, 1.54) is 0 Å². The Balaban J connectivity index is 2.68. The number of nitrogens with zero attached hydrogens (tertiary/aromatic N) is 1. The van der Waals surface area contributed by atoms with Gasteiger partial charge in [-0.25, -0.2) is 0 Å². The van der Waals surface area contributed by atoms with Crippen LogP contribution < -0.4 is 5.32 Å². The van der Waals surface area contributed by atoms with Gasteiger partial charge in [-0.1, -0.05) is 22.9 Å². The first kappa shape index (κ1) is 12.2. The minimum atomic E-state index is -0.0354. The highest BCUT2D eigenvalue weighted by Crippen LogP contribution is 2.03. The number of aromatic nitrogens is 1. The van der Waals surface area contributed by atoms with E-state index in [9.17, 15) is 4.79 Å². The summed E-state index contributed by atoms with van der Waals surface area (Å²) in [6.07, 6.45) is 2.57. The lowest BCUT2D eigenvalue weighted by Gasteiger charge is -2.13. The maximum Gasteiger partial charge on any atom is 0.251 e. The molecule has 1 atom stereocenters. The van der Waals surface area contributed by atoms with E-state index in [2.05, 4.69) is 26.2 Å². The van der Waals surface area contributed by atoms with Crippen LogP contribution in [0, 0.1) is 6.92 Å². The first-order valence-electron chi connectivity index (χ1n) is 4.96. The highest BCUT2D eigenvalue weighted by atomic mass is 79.9. The number of carbonyl (C=O) groups excluding carboxylic acids is 1. The summed E-state index contributed by atoms with van der Waals surface area (Å²) in [6, 6.07) is 3.70. The summed E-state index contributed by atoms with van der Waals surface area (Å²) in [6.45, 7) is 3.92. The Hall–Kier alpha value is -0.900. The summed E-state index contributed by atoms with van der Waals surface area (Å²) in [5.74, 6) is -0.0354. The second kappa shape index (κ2) is 5.85. The molecule has 0 spiro atoms. The Morgan fingerprint density at radius 1 is 1.67 bits per heavy atom. The van der Waals surface area contributed by atoms with Gasteiger partial charge < -0.3 is 5.32 Å². The lowest BCUT2D eigenvalue weighted by atomic mass is 10.2. The number of nitrogens with one attached hydrogen (secondary N) is 1. The second-order valence-corrected chi connectivity index (χ2v) is 4.07. The molecule has 3 nitrogen and oxygen atoms in total. The molecule has 0 aliphatic rings. The van der Waals surface area contributed by atoms with Crippen LogP contribution in [-0.4, -0.2) is 22.3 Å². The van der Waals surface area contributed by atoms with E-state index in [0.717, 1.165) is 17.4 Å². The van der Waals surface area contributed by atoms with Gasteiger partial charge in [0.2, 0.25) is 0 Å². The monoisotopic (exact) mass is 270 g/mol. The van der Waals surface area contributed by atoms with Gasteiger partial charge in [0.15, 0.2) is 0 Å². The lowest BCUT2D eigenvalue weighted by Crippen LogP contribution is -2.35. The number of amides is 1. The molecule has 15 heavy (non-hydrogen) atoms. The quantitative estimate of drug-likeness (QED) is 0.854. The Morgan fingerprint density at radius 2 is 2.40 bits per heavy atom. The number of aryl methyl sites for hydroxylation is 1. The number of hydrogen-bond acceptors (Lipinski definition) is 2. The molecular weight excluding hydrogens is 256 g/mol. The molecule has 1 heterocycles. The van der Waals surface area contributed by atoms with Crippen LogP contribution in [0.3, 0.4) is 0 Å². The zero-order chi connectivity index (χ0) is 11.3. The highest BCUT2D eigenvalue weighted by Gasteiger charge is 2.10. The molecule has 82 valence electrons. The standard InChI is InChI=1S/C11H15BrN2O/c1-3-10(7-12)14-11(15)9-4-5-13-8(2)6-9/h4-6,10H,3,7H2,1-2H3,(H,14,15). The molecule has 0 aliphatic carbocycles. The molecule has 0 bridgehead atoms. The fourth-order valence-corrected chi connectivity index (χ4v) is 1.82. The van der Waals surface area contributed by atoms with Gasteiger partial charge in [-0.05, 0) is 25.5 Å². The average Bonchev–Trinajstić information content (AvgIpc) is 2.25. The van der Waals surface area contributed by atoms with Gasteiger partial charge in [0.05, 0.1) is 0 Å². The van der Waals surface area contributed by atoms with Crippen molar-refractivity contribution < 1.29 is 4.79 Å². The molecule has 0 aliphatic heterocycles. The molecule has 1 rings (SSSR count). The number of pyridine rings is 1. The Kier molecular flexibility index (Phi) is 4.75. The van der Waals surface area contributed by atoms with Crippen molar-refractivity contribution in [2.24, 2.45) is 0 Å². The van der Waals surface area contributed by atoms with Gasteiger partial charge in [-0.2, -0.15) is 0 Å². The highest BCUT2D eigenvalue weighted by molar-refractivity contribution is 9.09. The summed E-state index contributed by atoms with van der Waals surface area (Å²) in [4.78, 5) is 15.8. The van der Waals surface area contributed by atoms with Crippen molar-refractivity contribution in [3.05, 3.63) is 29.6 Å². The normalized spacial score (nSPS) is 12.2. The van der Waals surface area contributed by atoms with Gasteiger partial charge in [-0.3, -0.25) is 9.78 Å². The molecule has 1 N–H and O–H groups in total. The van der Waals surface area contributed by atoms with Crippen LogP contribution in [0.5, 0.6) is 0 Å². The summed E-state index contributed by atoms with van der Waals surface area (Å²) in [7, 11) is 0. The molecule has 0 saturated carbocycles. The van der Waals surface area contributed by atoms with Gasteiger partial charge in [0.25, 0.3) is 5.91 Å². The fraction of sp³-hybridized carbons (Fsp3) is 0.455. The van der Waals surface area contributed by atoms with Gasteiger partial charge in [0.1, 0.15) is 0 Å². The van der Waals surface area contributed by atoms with Crippen molar-refractivity contribution >= 4 is 21.8 Å². The van der Waals surface area contributed by atoms with Crippen LogP contribution in [0.25, 0.3) is 0 Å². The topological polar surface area (TPSA) is 42.0 Å². The van der Waals surface area contributed by atoms with E-state index in [1.807, 2.05) is 13.8 Å². The van der Waals surface area contributed by atoms with Crippen molar-refractivity contribution in [1.82, 2.24) is 10.3 Å². The average molecular weight is 271 g/mol. The molecular formula is C11H15BrN2O. The van der Waals surface area contributed by atoms with Crippen LogP contribution in [0.1, 0.15) is 29.4 Å². The van der Waals surface area contributed by atoms with E-state index in [-0.39, 0.29) is 11.9 Å². The number of hydrogen-bond donors (Lipinski definition) is 1. The van der Waals surface area contributed by atoms with Gasteiger partial charge in [-0.15, -0.1) is 0 Å². The Morgan fingerprint density at radius 3 is 2.93 bits per heavy atom. The maximum atomic E-state index is 11.8. The minimum Gasteiger partial charge on any atom is -0.348 e. The van der Waals surface area contributed by atoms with E-state index >= 15 is 0 Å². The first-order valence-corrected chi connectivity index (χ1v) is 6.09. The third kappa shape index (κ3) is 3.63. The van der Waals surface area contributed by atoms with E-state index < -0.39 is 0 Å². The van der Waals surface area contributed by atoms with Crippen molar-refractivity contribution in [3.8, 4) is 0 Å². The number of carbonyl (C=O) groups is 1. The maximum absolute atomic E-state index is 11.8. The molecule has 0 fully saturated rings. The molecule has 0 saturated heterocycles. The predicted molar refractivity (Wildman–Crippen MR) is 64.3 cm³/mol. The molecule has 0 aromatic carbocycles. The predicted octanol–water partition coefficient (Wildman–Crippen LogP) is 2.29.